The molecule has 0 aromatic heterocycles. The second-order valence-corrected chi connectivity index (χ2v) is 4.10. The van der Waals surface area contributed by atoms with Gasteiger partial charge < -0.3 is 9.47 Å². The number of methoxy groups -OCH3 is 2. The van der Waals surface area contributed by atoms with E-state index in [0.717, 1.165) is 12.0 Å². The van der Waals surface area contributed by atoms with Crippen LogP contribution in [0.1, 0.15) is 33.6 Å². The van der Waals surface area contributed by atoms with Crippen LogP contribution in [0.4, 0.5) is 0 Å². The van der Waals surface area contributed by atoms with Crippen LogP contribution < -0.4 is 0 Å². The van der Waals surface area contributed by atoms with Crippen LogP contribution in [-0.4, -0.2) is 26.2 Å². The van der Waals surface area contributed by atoms with E-state index in [1.807, 2.05) is 6.92 Å². The van der Waals surface area contributed by atoms with E-state index >= 15 is 0 Å². The van der Waals surface area contributed by atoms with Gasteiger partial charge in [-0.25, -0.2) is 4.79 Å². The fourth-order valence-electron chi connectivity index (χ4n) is 1.47. The van der Waals surface area contributed by atoms with Gasteiger partial charge in [-0.3, -0.25) is 4.79 Å². The summed E-state index contributed by atoms with van der Waals surface area (Å²) in [6.45, 7) is 5.95. The molecule has 16 heavy (non-hydrogen) atoms. The zero-order valence-corrected chi connectivity index (χ0v) is 10.6. The molecule has 0 N–H and O–H groups in total. The fourth-order valence-corrected chi connectivity index (χ4v) is 1.47. The van der Waals surface area contributed by atoms with Gasteiger partial charge in [0.25, 0.3) is 0 Å². The maximum atomic E-state index is 11.5. The quantitative estimate of drug-likeness (QED) is 0.534. The van der Waals surface area contributed by atoms with Crippen LogP contribution in [0.3, 0.4) is 0 Å². The summed E-state index contributed by atoms with van der Waals surface area (Å²) < 4.78 is 9.21. The Morgan fingerprint density at radius 1 is 1.12 bits per heavy atom. The number of carbonyl (C=O) groups excluding carboxylic acids is 2. The highest BCUT2D eigenvalue weighted by Crippen LogP contribution is 2.18. The van der Waals surface area contributed by atoms with E-state index in [4.69, 9.17) is 0 Å². The summed E-state index contributed by atoms with van der Waals surface area (Å²) in [5.74, 6) is -0.454. The van der Waals surface area contributed by atoms with E-state index in [2.05, 4.69) is 23.3 Å². The molecule has 92 valence electrons. The van der Waals surface area contributed by atoms with Crippen LogP contribution in [-0.2, 0) is 19.1 Å². The van der Waals surface area contributed by atoms with Gasteiger partial charge in [-0.15, -0.1) is 0 Å². The molecule has 0 aliphatic rings. The number of allylic oxidation sites excluding steroid dienone is 1. The summed E-state index contributed by atoms with van der Waals surface area (Å²) in [7, 11) is 2.61. The Labute approximate surface area is 96.6 Å². The van der Waals surface area contributed by atoms with Gasteiger partial charge >= 0.3 is 11.9 Å². The molecule has 0 radical (unpaired) electrons. The van der Waals surface area contributed by atoms with Crippen LogP contribution in [0.2, 0.25) is 0 Å². The highest BCUT2D eigenvalue weighted by molar-refractivity contribution is 5.94. The Bertz CT molecular complexity index is 289. The van der Waals surface area contributed by atoms with Crippen LogP contribution in [0.15, 0.2) is 11.1 Å². The van der Waals surface area contributed by atoms with Crippen molar-refractivity contribution in [3.8, 4) is 0 Å². The van der Waals surface area contributed by atoms with Crippen molar-refractivity contribution in [2.75, 3.05) is 14.2 Å². The van der Waals surface area contributed by atoms with Gasteiger partial charge in [-0.1, -0.05) is 19.4 Å². The Balaban J connectivity index is 4.91. The molecule has 4 nitrogen and oxygen atoms in total. The van der Waals surface area contributed by atoms with Crippen LogP contribution in [0, 0.1) is 5.92 Å². The predicted molar refractivity (Wildman–Crippen MR) is 60.8 cm³/mol. The molecule has 0 bridgehead atoms. The van der Waals surface area contributed by atoms with Gasteiger partial charge in [0.2, 0.25) is 0 Å². The molecule has 0 saturated heterocycles. The topological polar surface area (TPSA) is 52.6 Å². The summed E-state index contributed by atoms with van der Waals surface area (Å²) in [5.41, 5.74) is 1.29. The molecular formula is C12H20O4. The molecule has 0 aliphatic heterocycles. The Hall–Kier alpha value is -1.32. The number of ether oxygens (including phenoxy) is 2. The average Bonchev–Trinajstić information content (AvgIpc) is 2.23. The van der Waals surface area contributed by atoms with E-state index in [1.165, 1.54) is 14.2 Å². The SMILES string of the molecule is COC(=O)C/C(C(=O)OC)=C(\C)CC(C)C. The molecule has 0 aromatic carbocycles. The molecule has 0 fully saturated rings. The number of esters is 2. The van der Waals surface area contributed by atoms with Gasteiger partial charge in [0.1, 0.15) is 0 Å². The summed E-state index contributed by atoms with van der Waals surface area (Å²) in [6.07, 6.45) is 0.739. The van der Waals surface area contributed by atoms with Gasteiger partial charge in [0.05, 0.1) is 20.6 Å². The lowest BCUT2D eigenvalue weighted by atomic mass is 9.97. The lowest BCUT2D eigenvalue weighted by Crippen LogP contribution is -2.13. The second kappa shape index (κ2) is 7.04. The van der Waals surface area contributed by atoms with Crippen molar-refractivity contribution in [3.63, 3.8) is 0 Å². The molecular weight excluding hydrogens is 208 g/mol. The first-order valence-corrected chi connectivity index (χ1v) is 5.26. The molecule has 0 spiro atoms. The highest BCUT2D eigenvalue weighted by Gasteiger charge is 2.18. The molecule has 0 amide bonds. The van der Waals surface area contributed by atoms with Gasteiger partial charge in [-0.05, 0) is 19.3 Å². The van der Waals surface area contributed by atoms with E-state index in [0.29, 0.717) is 11.5 Å². The minimum Gasteiger partial charge on any atom is -0.469 e. The normalized spacial score (nSPS) is 12.1. The van der Waals surface area contributed by atoms with Gasteiger partial charge in [0, 0.05) is 5.57 Å². The summed E-state index contributed by atoms with van der Waals surface area (Å²) in [4.78, 5) is 22.7. The van der Waals surface area contributed by atoms with E-state index in [-0.39, 0.29) is 6.42 Å². The molecule has 0 rings (SSSR count). The zero-order chi connectivity index (χ0) is 12.7. The number of hydrogen-bond acceptors (Lipinski definition) is 4. The maximum absolute atomic E-state index is 11.5. The van der Waals surface area contributed by atoms with Crippen molar-refractivity contribution in [2.45, 2.75) is 33.6 Å². The third-order valence-electron chi connectivity index (χ3n) is 2.21. The molecule has 4 heteroatoms. The first-order valence-electron chi connectivity index (χ1n) is 5.26. The summed E-state index contributed by atoms with van der Waals surface area (Å²) >= 11 is 0. The van der Waals surface area contributed by atoms with Crippen LogP contribution in [0.25, 0.3) is 0 Å². The third kappa shape index (κ3) is 4.96. The van der Waals surface area contributed by atoms with Crippen molar-refractivity contribution in [1.82, 2.24) is 0 Å². The molecule has 0 aromatic rings. The van der Waals surface area contributed by atoms with Crippen molar-refractivity contribution in [1.29, 1.82) is 0 Å². The maximum Gasteiger partial charge on any atom is 0.334 e. The number of rotatable bonds is 5. The Morgan fingerprint density at radius 3 is 2.06 bits per heavy atom. The van der Waals surface area contributed by atoms with Crippen molar-refractivity contribution in [2.24, 2.45) is 5.92 Å². The number of carbonyl (C=O) groups is 2. The minimum absolute atomic E-state index is 0.0261. The van der Waals surface area contributed by atoms with E-state index in [9.17, 15) is 9.59 Å². The summed E-state index contributed by atoms with van der Waals surface area (Å²) in [5, 5.41) is 0. The molecule has 0 heterocycles. The first kappa shape index (κ1) is 14.7. The molecule has 0 aliphatic carbocycles. The lowest BCUT2D eigenvalue weighted by Gasteiger charge is -2.11. The number of hydrogen-bond donors (Lipinski definition) is 0. The lowest BCUT2D eigenvalue weighted by molar-refractivity contribution is -0.143. The molecule has 0 saturated carbocycles. The van der Waals surface area contributed by atoms with E-state index in [1.54, 1.807) is 0 Å². The van der Waals surface area contributed by atoms with Crippen molar-refractivity contribution >= 4 is 11.9 Å². The Kier molecular flexibility index (Phi) is 6.46. The Morgan fingerprint density at radius 2 is 1.69 bits per heavy atom. The highest BCUT2D eigenvalue weighted by atomic mass is 16.5. The monoisotopic (exact) mass is 228 g/mol. The predicted octanol–water partition coefficient (Wildman–Crippen LogP) is 2.09. The molecule has 0 unspecified atom stereocenters. The van der Waals surface area contributed by atoms with Crippen molar-refractivity contribution in [3.05, 3.63) is 11.1 Å². The fraction of sp³-hybridized carbons (Fsp3) is 0.667. The van der Waals surface area contributed by atoms with Gasteiger partial charge in [0.15, 0.2) is 0 Å². The smallest absolute Gasteiger partial charge is 0.334 e. The average molecular weight is 228 g/mol. The third-order valence-corrected chi connectivity index (χ3v) is 2.21. The van der Waals surface area contributed by atoms with Crippen LogP contribution in [0.5, 0.6) is 0 Å². The largest absolute Gasteiger partial charge is 0.469 e. The van der Waals surface area contributed by atoms with E-state index < -0.39 is 11.9 Å². The van der Waals surface area contributed by atoms with Gasteiger partial charge in [-0.2, -0.15) is 0 Å². The zero-order valence-electron chi connectivity index (χ0n) is 10.6. The first-order chi connectivity index (χ1) is 7.42. The van der Waals surface area contributed by atoms with Crippen LogP contribution >= 0.6 is 0 Å². The van der Waals surface area contributed by atoms with Crippen molar-refractivity contribution < 1.29 is 19.1 Å². The second-order valence-electron chi connectivity index (χ2n) is 4.10. The minimum atomic E-state index is -0.455. The molecule has 0 atom stereocenters. The standard InChI is InChI=1S/C12H20O4/c1-8(2)6-9(3)10(12(14)16-5)7-11(13)15-4/h8H,6-7H2,1-5H3/b10-9-. The summed E-state index contributed by atoms with van der Waals surface area (Å²) in [6, 6.07) is 0.